The number of hydrogen-bond donors (Lipinski definition) is 2. The van der Waals surface area contributed by atoms with Gasteiger partial charge in [-0.3, -0.25) is 4.79 Å². The van der Waals surface area contributed by atoms with E-state index in [2.05, 4.69) is 22.5 Å². The molecule has 1 spiro atoms. The van der Waals surface area contributed by atoms with E-state index in [1.807, 2.05) is 17.1 Å². The van der Waals surface area contributed by atoms with E-state index in [1.165, 1.54) is 0 Å². The van der Waals surface area contributed by atoms with Crippen LogP contribution < -0.4 is 5.32 Å². The summed E-state index contributed by atoms with van der Waals surface area (Å²) in [6.45, 7) is 2.80. The largest absolute Gasteiger partial charge is 0.481 e. The SMILES string of the molecule is CCn1ncc2c(NC3CCC(C(=O)O)CC3)c(C3=NOC4(CCC(OC)CC4)C3)cnc21. The van der Waals surface area contributed by atoms with Gasteiger partial charge < -0.3 is 20.0 Å². The number of nitrogens with one attached hydrogen (secondary N) is 1. The van der Waals surface area contributed by atoms with E-state index in [1.54, 1.807) is 7.11 Å². The number of anilines is 1. The van der Waals surface area contributed by atoms with E-state index >= 15 is 0 Å². The van der Waals surface area contributed by atoms with Gasteiger partial charge in [0.15, 0.2) is 5.65 Å². The summed E-state index contributed by atoms with van der Waals surface area (Å²) >= 11 is 0. The minimum absolute atomic E-state index is 0.212. The molecule has 2 aromatic rings. The molecular weight excluding hydrogens is 422 g/mol. The van der Waals surface area contributed by atoms with E-state index in [4.69, 9.17) is 14.6 Å². The fourth-order valence-electron chi connectivity index (χ4n) is 5.61. The number of aromatic nitrogens is 3. The maximum Gasteiger partial charge on any atom is 0.306 e. The molecule has 0 bridgehead atoms. The first-order valence-electron chi connectivity index (χ1n) is 12.1. The maximum atomic E-state index is 11.4. The lowest BCUT2D eigenvalue weighted by atomic mass is 9.79. The zero-order valence-corrected chi connectivity index (χ0v) is 19.4. The minimum atomic E-state index is -0.685. The Kier molecular flexibility index (Phi) is 5.99. The van der Waals surface area contributed by atoms with Gasteiger partial charge in [0.1, 0.15) is 5.60 Å². The van der Waals surface area contributed by atoms with Crippen molar-refractivity contribution in [3.8, 4) is 0 Å². The number of ether oxygens (including phenoxy) is 1. The molecule has 0 radical (unpaired) electrons. The third-order valence-electron chi connectivity index (χ3n) is 7.72. The number of aryl methyl sites for hydroxylation is 1. The highest BCUT2D eigenvalue weighted by atomic mass is 16.7. The van der Waals surface area contributed by atoms with Crippen molar-refractivity contribution in [1.82, 2.24) is 14.8 Å². The van der Waals surface area contributed by atoms with Gasteiger partial charge in [-0.2, -0.15) is 5.10 Å². The van der Waals surface area contributed by atoms with Gasteiger partial charge in [0.25, 0.3) is 0 Å². The highest BCUT2D eigenvalue weighted by Gasteiger charge is 2.43. The van der Waals surface area contributed by atoms with Crippen LogP contribution in [0.25, 0.3) is 11.0 Å². The molecule has 5 rings (SSSR count). The summed E-state index contributed by atoms with van der Waals surface area (Å²) in [6, 6.07) is 0.212. The summed E-state index contributed by atoms with van der Waals surface area (Å²) in [5, 5.41) is 23.1. The highest BCUT2D eigenvalue weighted by molar-refractivity contribution is 6.10. The van der Waals surface area contributed by atoms with Gasteiger partial charge in [0, 0.05) is 37.9 Å². The molecule has 33 heavy (non-hydrogen) atoms. The van der Waals surface area contributed by atoms with E-state index in [0.717, 1.165) is 79.5 Å². The van der Waals surface area contributed by atoms with Crippen molar-refractivity contribution in [2.24, 2.45) is 11.1 Å². The Hall–Kier alpha value is -2.68. The second-order valence-corrected chi connectivity index (χ2v) is 9.70. The molecule has 3 heterocycles. The van der Waals surface area contributed by atoms with Crippen molar-refractivity contribution < 1.29 is 19.5 Å². The Morgan fingerprint density at radius 2 is 2.00 bits per heavy atom. The van der Waals surface area contributed by atoms with Gasteiger partial charge in [-0.1, -0.05) is 5.16 Å². The second-order valence-electron chi connectivity index (χ2n) is 9.70. The van der Waals surface area contributed by atoms with Crippen LogP contribution in [0.4, 0.5) is 5.69 Å². The number of fused-ring (bicyclic) bond motifs is 1. The predicted octanol–water partition coefficient (Wildman–Crippen LogP) is 3.96. The number of oxime groups is 1. The summed E-state index contributed by atoms with van der Waals surface area (Å²) in [6.07, 6.45) is 11.7. The van der Waals surface area contributed by atoms with Crippen LogP contribution in [0.3, 0.4) is 0 Å². The minimum Gasteiger partial charge on any atom is -0.481 e. The van der Waals surface area contributed by atoms with Gasteiger partial charge >= 0.3 is 5.97 Å². The zero-order valence-electron chi connectivity index (χ0n) is 19.4. The normalized spacial score (nSPS) is 29.8. The Labute approximate surface area is 193 Å². The molecule has 3 aliphatic rings. The number of carbonyl (C=O) groups is 1. The van der Waals surface area contributed by atoms with Crippen molar-refractivity contribution in [2.75, 3.05) is 12.4 Å². The van der Waals surface area contributed by atoms with Gasteiger partial charge in [0.2, 0.25) is 0 Å². The molecule has 1 aliphatic heterocycles. The molecule has 0 saturated heterocycles. The van der Waals surface area contributed by atoms with Gasteiger partial charge in [-0.25, -0.2) is 9.67 Å². The number of nitrogens with zero attached hydrogens (tertiary/aromatic N) is 4. The topological polar surface area (TPSA) is 111 Å². The lowest BCUT2D eigenvalue weighted by Gasteiger charge is -2.34. The molecule has 9 heteroatoms. The lowest BCUT2D eigenvalue weighted by Crippen LogP contribution is -2.36. The molecule has 2 saturated carbocycles. The van der Waals surface area contributed by atoms with Crippen LogP contribution in [-0.4, -0.2) is 56.4 Å². The van der Waals surface area contributed by atoms with Crippen LogP contribution >= 0.6 is 0 Å². The molecule has 2 aliphatic carbocycles. The summed E-state index contributed by atoms with van der Waals surface area (Å²) in [5.74, 6) is -0.923. The number of aliphatic carboxylic acids is 1. The highest BCUT2D eigenvalue weighted by Crippen LogP contribution is 2.42. The summed E-state index contributed by atoms with van der Waals surface area (Å²) in [7, 11) is 1.78. The summed E-state index contributed by atoms with van der Waals surface area (Å²) in [5.41, 5.74) is 3.47. The van der Waals surface area contributed by atoms with Crippen LogP contribution in [0.15, 0.2) is 17.5 Å². The molecule has 0 aromatic carbocycles. The monoisotopic (exact) mass is 455 g/mol. The smallest absolute Gasteiger partial charge is 0.306 e. The van der Waals surface area contributed by atoms with Crippen molar-refractivity contribution >= 4 is 28.4 Å². The van der Waals surface area contributed by atoms with Crippen LogP contribution in [-0.2, 0) is 20.9 Å². The standard InChI is InChI=1S/C24H33N5O4/c1-3-29-22-19(14-26-29)21(27-16-6-4-15(5-7-16)23(30)31)18(13-25-22)20-12-24(33-28-20)10-8-17(32-2)9-11-24/h13-17H,3-12H2,1-2H3,(H,25,27)(H,30,31). The first-order chi connectivity index (χ1) is 16.0. The quantitative estimate of drug-likeness (QED) is 0.678. The van der Waals surface area contributed by atoms with Crippen LogP contribution in [0.1, 0.15) is 70.3 Å². The molecule has 0 atom stereocenters. The van der Waals surface area contributed by atoms with Crippen molar-refractivity contribution in [3.63, 3.8) is 0 Å². The van der Waals surface area contributed by atoms with Crippen molar-refractivity contribution in [3.05, 3.63) is 18.0 Å². The Bertz CT molecular complexity index is 1050. The lowest BCUT2D eigenvalue weighted by molar-refractivity contribution is -0.142. The first-order valence-corrected chi connectivity index (χ1v) is 12.1. The molecule has 9 nitrogen and oxygen atoms in total. The molecular formula is C24H33N5O4. The molecule has 0 amide bonds. The third kappa shape index (κ3) is 4.18. The average molecular weight is 456 g/mol. The predicted molar refractivity (Wildman–Crippen MR) is 124 cm³/mol. The van der Waals surface area contributed by atoms with Gasteiger partial charge in [-0.05, 0) is 58.3 Å². The zero-order chi connectivity index (χ0) is 23.0. The first kappa shape index (κ1) is 22.1. The molecule has 2 fully saturated rings. The van der Waals surface area contributed by atoms with E-state index in [-0.39, 0.29) is 17.6 Å². The maximum absolute atomic E-state index is 11.4. The number of carboxylic acids is 1. The Morgan fingerprint density at radius 1 is 1.24 bits per heavy atom. The number of hydrogen-bond acceptors (Lipinski definition) is 7. The fraction of sp³-hybridized carbons (Fsp3) is 0.667. The molecule has 178 valence electrons. The molecule has 0 unspecified atom stereocenters. The average Bonchev–Trinajstić information content (AvgIpc) is 3.45. The number of pyridine rings is 1. The number of rotatable bonds is 6. The second kappa shape index (κ2) is 8.93. The molecule has 2 N–H and O–H groups in total. The molecule has 2 aromatic heterocycles. The van der Waals surface area contributed by atoms with E-state index in [9.17, 15) is 9.90 Å². The van der Waals surface area contributed by atoms with E-state index < -0.39 is 5.97 Å². The Balaban J connectivity index is 1.41. The van der Waals surface area contributed by atoms with Crippen molar-refractivity contribution in [1.29, 1.82) is 0 Å². The summed E-state index contributed by atoms with van der Waals surface area (Å²) < 4.78 is 7.43. The van der Waals surface area contributed by atoms with Crippen LogP contribution in [0.5, 0.6) is 0 Å². The third-order valence-corrected chi connectivity index (χ3v) is 7.72. The van der Waals surface area contributed by atoms with Crippen LogP contribution in [0.2, 0.25) is 0 Å². The fourth-order valence-corrected chi connectivity index (χ4v) is 5.61. The number of carboxylic acid groups (broad SMARTS) is 1. The van der Waals surface area contributed by atoms with Crippen LogP contribution in [0, 0.1) is 5.92 Å². The Morgan fingerprint density at radius 3 is 2.67 bits per heavy atom. The van der Waals surface area contributed by atoms with Crippen molar-refractivity contribution in [2.45, 2.75) is 89.0 Å². The summed E-state index contributed by atoms with van der Waals surface area (Å²) in [4.78, 5) is 22.2. The van der Waals surface area contributed by atoms with Gasteiger partial charge in [0.05, 0.1) is 35.0 Å². The number of methoxy groups -OCH3 is 1. The van der Waals surface area contributed by atoms with Gasteiger partial charge in [-0.15, -0.1) is 0 Å². The van der Waals surface area contributed by atoms with E-state index in [0.29, 0.717) is 18.9 Å².